The molecule has 63 heavy (non-hydrogen) atoms. The van der Waals surface area contributed by atoms with Crippen LogP contribution in [-0.2, 0) is 25.4 Å². The summed E-state index contributed by atoms with van der Waals surface area (Å²) < 4.78 is 48.1. The number of nitrogens with one attached hydrogen (secondary N) is 3. The Kier molecular flexibility index (Phi) is 11.9. The Hall–Kier alpha value is -6.15. The van der Waals surface area contributed by atoms with Gasteiger partial charge >= 0.3 is 6.18 Å². The molecular formula is C44H45F3N10O5S. The van der Waals surface area contributed by atoms with Gasteiger partial charge in [-0.05, 0) is 119 Å². The van der Waals surface area contributed by atoms with Crippen LogP contribution in [-0.4, -0.2) is 100.0 Å². The van der Waals surface area contributed by atoms with Crippen LogP contribution in [0.2, 0.25) is 0 Å². The lowest BCUT2D eigenvalue weighted by molar-refractivity contribution is -0.138. The van der Waals surface area contributed by atoms with Gasteiger partial charge in [0, 0.05) is 55.2 Å². The molecule has 4 amide bonds. The molecule has 3 aliphatic heterocycles. The maximum Gasteiger partial charge on any atom is 0.419 e. The molecule has 2 saturated carbocycles. The summed E-state index contributed by atoms with van der Waals surface area (Å²) in [6.45, 7) is 6.67. The minimum atomic E-state index is -4.85. The Bertz CT molecular complexity index is 2450. The van der Waals surface area contributed by atoms with Crippen LogP contribution in [0.25, 0.3) is 0 Å². The number of amides is 4. The van der Waals surface area contributed by atoms with Crippen LogP contribution < -0.4 is 30.5 Å². The monoisotopic (exact) mass is 882 g/mol. The van der Waals surface area contributed by atoms with Crippen LogP contribution in [0.4, 0.5) is 35.9 Å². The smallest absolute Gasteiger partial charge is 0.419 e. The molecule has 0 radical (unpaired) electrons. The van der Waals surface area contributed by atoms with Crippen molar-refractivity contribution < 1.29 is 37.1 Å². The first-order valence-corrected chi connectivity index (χ1v) is 21.4. The number of alkyl halides is 3. The van der Waals surface area contributed by atoms with Crippen molar-refractivity contribution in [2.45, 2.75) is 94.6 Å². The molecule has 5 aliphatic rings. The van der Waals surface area contributed by atoms with Gasteiger partial charge < -0.3 is 20.3 Å². The summed E-state index contributed by atoms with van der Waals surface area (Å²) in [5.74, 6) is -0.472. The minimum absolute atomic E-state index is 0.0292. The average Bonchev–Trinajstić information content (AvgIpc) is 4.04. The lowest BCUT2D eigenvalue weighted by Gasteiger charge is -2.44. The number of nitriles is 2. The number of thiocarbonyl (C=S) groups is 1. The molecule has 4 heterocycles. The van der Waals surface area contributed by atoms with Gasteiger partial charge in [-0.25, -0.2) is 4.98 Å². The Labute approximate surface area is 367 Å². The standard InChI is InChI=1S/C44H45F3N10O5S/c1-25-22-54(23-26(2)55(25)24-39(59)52-30-15-27(19-48)14-29(16-30)51-35-7-9-38(58)53-40(35)60)12-13-62-37-8-6-31(17-33(37)28-4-5-28)57-42(63)56(41(61)43(57)10-3-11-43)32-18-34(44(45,46)47)36(20-49)50-21-32/h6,8,14-18,21,25-26,28,35,51H,3-5,7,9-13,22-24H2,1-2H3,(H,52,59)(H,53,58,60)/t25-,26+,35?. The number of benzene rings is 2. The van der Waals surface area contributed by atoms with Crippen LogP contribution in [0.1, 0.15) is 87.1 Å². The first kappa shape index (κ1) is 43.5. The third-order valence-electron chi connectivity index (χ3n) is 12.5. The molecule has 19 heteroatoms. The SMILES string of the molecule is C[C@@H]1CN(CCOc2ccc(N3C(=S)N(c4cnc(C#N)c(C(F)(F)F)c4)C(=O)C34CCC4)cc2C2CC2)C[C@H](C)N1CC(=O)Nc1cc(C#N)cc(NC2CCC(=O)NC2=O)c1. The molecule has 2 aliphatic carbocycles. The fourth-order valence-electron chi connectivity index (χ4n) is 9.10. The summed E-state index contributed by atoms with van der Waals surface area (Å²) in [5, 5.41) is 27.2. The van der Waals surface area contributed by atoms with Gasteiger partial charge in [0.25, 0.3) is 5.91 Å². The number of anilines is 4. The average molecular weight is 883 g/mol. The quantitative estimate of drug-likeness (QED) is 0.155. The highest BCUT2D eigenvalue weighted by Crippen LogP contribution is 2.51. The van der Waals surface area contributed by atoms with E-state index in [2.05, 4.69) is 50.7 Å². The first-order valence-electron chi connectivity index (χ1n) is 20.9. The molecule has 3 N–H and O–H groups in total. The number of piperazine rings is 1. The Morgan fingerprint density at radius 3 is 2.37 bits per heavy atom. The van der Waals surface area contributed by atoms with Crippen LogP contribution in [0, 0.1) is 22.7 Å². The summed E-state index contributed by atoms with van der Waals surface area (Å²) >= 11 is 5.84. The molecule has 3 aromatic rings. The van der Waals surface area contributed by atoms with Crippen molar-refractivity contribution in [2.24, 2.45) is 0 Å². The maximum atomic E-state index is 14.0. The minimum Gasteiger partial charge on any atom is -0.492 e. The van der Waals surface area contributed by atoms with Crippen molar-refractivity contribution in [3.63, 3.8) is 0 Å². The molecule has 8 rings (SSSR count). The predicted octanol–water partition coefficient (Wildman–Crippen LogP) is 5.41. The lowest BCUT2D eigenvalue weighted by atomic mass is 9.75. The predicted molar refractivity (Wildman–Crippen MR) is 229 cm³/mol. The lowest BCUT2D eigenvalue weighted by Crippen LogP contribution is -2.58. The van der Waals surface area contributed by atoms with Gasteiger partial charge in [-0.3, -0.25) is 39.2 Å². The number of halogens is 3. The summed E-state index contributed by atoms with van der Waals surface area (Å²) in [6, 6.07) is 14.2. The largest absolute Gasteiger partial charge is 0.492 e. The fourth-order valence-corrected chi connectivity index (χ4v) is 9.57. The van der Waals surface area contributed by atoms with Crippen LogP contribution >= 0.6 is 12.2 Å². The van der Waals surface area contributed by atoms with E-state index < -0.39 is 40.8 Å². The van der Waals surface area contributed by atoms with Gasteiger partial charge in [-0.1, -0.05) is 0 Å². The molecule has 0 bridgehead atoms. The van der Waals surface area contributed by atoms with Crippen molar-refractivity contribution in [2.75, 3.05) is 53.2 Å². The summed E-state index contributed by atoms with van der Waals surface area (Å²) in [6.07, 6.45) is 0.381. The molecule has 1 aromatic heterocycles. The van der Waals surface area contributed by atoms with Gasteiger partial charge in [0.2, 0.25) is 17.7 Å². The number of hydrogen-bond acceptors (Lipinski definition) is 12. The van der Waals surface area contributed by atoms with Crippen molar-refractivity contribution in [1.29, 1.82) is 10.5 Å². The van der Waals surface area contributed by atoms with Crippen molar-refractivity contribution in [3.05, 3.63) is 71.0 Å². The van der Waals surface area contributed by atoms with Crippen molar-refractivity contribution in [1.82, 2.24) is 20.1 Å². The number of imide groups is 1. The Morgan fingerprint density at radius 2 is 1.73 bits per heavy atom. The van der Waals surface area contributed by atoms with E-state index in [1.807, 2.05) is 18.2 Å². The molecule has 1 unspecified atom stereocenters. The Morgan fingerprint density at radius 1 is 1.00 bits per heavy atom. The first-order chi connectivity index (χ1) is 30.1. The van der Waals surface area contributed by atoms with E-state index in [4.69, 9.17) is 17.0 Å². The molecule has 3 atom stereocenters. The molecule has 15 nitrogen and oxygen atoms in total. The molecular weight excluding hydrogens is 838 g/mol. The number of hydrogen-bond donors (Lipinski definition) is 3. The highest BCUT2D eigenvalue weighted by atomic mass is 32.1. The zero-order valence-corrected chi connectivity index (χ0v) is 35.4. The van der Waals surface area contributed by atoms with E-state index in [-0.39, 0.29) is 53.6 Å². The molecule has 3 saturated heterocycles. The highest BCUT2D eigenvalue weighted by molar-refractivity contribution is 7.81. The van der Waals surface area contributed by atoms with E-state index in [1.54, 1.807) is 23.1 Å². The maximum absolute atomic E-state index is 14.0. The molecule has 2 aromatic carbocycles. The highest BCUT2D eigenvalue weighted by Gasteiger charge is 2.60. The topological polar surface area (TPSA) is 187 Å². The number of carbonyl (C=O) groups excluding carboxylic acids is 4. The summed E-state index contributed by atoms with van der Waals surface area (Å²) in [7, 11) is 0. The number of rotatable bonds is 12. The van der Waals surface area contributed by atoms with Gasteiger partial charge in [0.05, 0.1) is 35.6 Å². The zero-order valence-electron chi connectivity index (χ0n) is 34.6. The second-order valence-corrected chi connectivity index (χ2v) is 17.3. The number of nitrogens with zero attached hydrogens (tertiary/aromatic N) is 7. The molecule has 5 fully saturated rings. The van der Waals surface area contributed by atoms with Crippen molar-refractivity contribution in [3.8, 4) is 17.9 Å². The van der Waals surface area contributed by atoms with Crippen molar-refractivity contribution >= 4 is 63.7 Å². The van der Waals surface area contributed by atoms with E-state index in [0.29, 0.717) is 68.1 Å². The van der Waals surface area contributed by atoms with Gasteiger partial charge in [0.1, 0.15) is 30.0 Å². The fraction of sp³-hybridized carbons (Fsp3) is 0.455. The van der Waals surface area contributed by atoms with E-state index in [1.165, 1.54) is 6.07 Å². The van der Waals surface area contributed by atoms with Gasteiger partial charge in [-0.2, -0.15) is 23.7 Å². The second kappa shape index (κ2) is 17.2. The molecule has 328 valence electrons. The third-order valence-corrected chi connectivity index (χ3v) is 12.9. The van der Waals surface area contributed by atoms with E-state index in [9.17, 15) is 42.9 Å². The summed E-state index contributed by atoms with van der Waals surface area (Å²) in [4.78, 5) is 62.3. The van der Waals surface area contributed by atoms with Gasteiger partial charge in [0.15, 0.2) is 10.8 Å². The number of aromatic nitrogens is 1. The van der Waals surface area contributed by atoms with E-state index in [0.717, 1.165) is 47.7 Å². The second-order valence-electron chi connectivity index (χ2n) is 16.9. The number of carbonyl (C=O) groups is 4. The van der Waals surface area contributed by atoms with E-state index >= 15 is 0 Å². The number of pyridine rings is 1. The number of piperidine rings is 1. The third kappa shape index (κ3) is 8.78. The van der Waals surface area contributed by atoms with Gasteiger partial charge in [-0.15, -0.1) is 0 Å². The van der Waals surface area contributed by atoms with Crippen LogP contribution in [0.3, 0.4) is 0 Å². The van der Waals surface area contributed by atoms with Crippen LogP contribution in [0.15, 0.2) is 48.7 Å². The Balaban J connectivity index is 0.885. The normalized spacial score (nSPS) is 22.6. The number of ether oxygens (including phenoxy) is 1. The summed E-state index contributed by atoms with van der Waals surface area (Å²) in [5.41, 5.74) is -0.364. The zero-order chi connectivity index (χ0) is 44.8. The van der Waals surface area contributed by atoms with Crippen LogP contribution in [0.5, 0.6) is 5.75 Å². The molecule has 1 spiro atoms.